The molecule has 0 saturated carbocycles. The van der Waals surface area contributed by atoms with Gasteiger partial charge in [-0.15, -0.1) is 11.3 Å². The van der Waals surface area contributed by atoms with E-state index in [4.69, 9.17) is 9.47 Å². The zero-order valence-corrected chi connectivity index (χ0v) is 20.1. The van der Waals surface area contributed by atoms with Gasteiger partial charge in [0.15, 0.2) is 5.78 Å². The highest BCUT2D eigenvalue weighted by Gasteiger charge is 2.42. The topological polar surface area (TPSA) is 108 Å². The van der Waals surface area contributed by atoms with Crippen LogP contribution in [-0.4, -0.2) is 37.0 Å². The van der Waals surface area contributed by atoms with E-state index in [0.29, 0.717) is 35.2 Å². The molecule has 1 N–H and O–H groups in total. The van der Waals surface area contributed by atoms with Crippen LogP contribution >= 0.6 is 11.3 Å². The number of thiophene rings is 1. The summed E-state index contributed by atoms with van der Waals surface area (Å²) in [7, 11) is 1.51. The van der Waals surface area contributed by atoms with Crippen LogP contribution in [0.2, 0.25) is 0 Å². The molecule has 2 heterocycles. The molecule has 2 atom stereocenters. The Labute approximate surface area is 201 Å². The van der Waals surface area contributed by atoms with Crippen molar-refractivity contribution in [1.29, 1.82) is 0 Å². The molecular formula is C25H26N2O6S. The number of nitrogens with one attached hydrogen (secondary N) is 1. The second-order valence-electron chi connectivity index (χ2n) is 8.46. The van der Waals surface area contributed by atoms with Gasteiger partial charge in [-0.1, -0.05) is 18.2 Å². The number of dihydropyridines is 1. The lowest BCUT2D eigenvalue weighted by molar-refractivity contribution is -0.385. The summed E-state index contributed by atoms with van der Waals surface area (Å²) in [4.78, 5) is 39.0. The number of carbonyl (C=O) groups is 2. The number of nitro benzene ring substituents is 1. The van der Waals surface area contributed by atoms with Gasteiger partial charge in [-0.3, -0.25) is 14.9 Å². The molecule has 0 amide bonds. The van der Waals surface area contributed by atoms with Gasteiger partial charge in [-0.05, 0) is 37.3 Å². The second-order valence-corrected chi connectivity index (χ2v) is 9.44. The number of esters is 1. The number of rotatable bonds is 7. The Balaban J connectivity index is 1.81. The van der Waals surface area contributed by atoms with Crippen molar-refractivity contribution < 1.29 is 24.0 Å². The smallest absolute Gasteiger partial charge is 0.336 e. The third kappa shape index (κ3) is 4.53. The zero-order valence-electron chi connectivity index (χ0n) is 19.3. The molecule has 0 spiro atoms. The summed E-state index contributed by atoms with van der Waals surface area (Å²) in [6.07, 6.45) is 0.936. The molecule has 0 saturated heterocycles. The molecule has 0 fully saturated rings. The lowest BCUT2D eigenvalue weighted by atomic mass is 9.72. The first-order chi connectivity index (χ1) is 16.3. The van der Waals surface area contributed by atoms with Crippen LogP contribution in [-0.2, 0) is 19.1 Å². The van der Waals surface area contributed by atoms with Crippen molar-refractivity contribution >= 4 is 28.8 Å². The number of benzene rings is 1. The largest absolute Gasteiger partial charge is 0.460 e. The summed E-state index contributed by atoms with van der Waals surface area (Å²) in [5.41, 5.74) is 3.08. The Morgan fingerprint density at radius 3 is 2.71 bits per heavy atom. The quantitative estimate of drug-likeness (QED) is 0.268. The molecule has 2 aliphatic rings. The number of hydrogen-bond donors (Lipinski definition) is 1. The highest BCUT2D eigenvalue weighted by Crippen LogP contribution is 2.46. The predicted molar refractivity (Wildman–Crippen MR) is 128 cm³/mol. The highest BCUT2D eigenvalue weighted by atomic mass is 32.1. The minimum atomic E-state index is -0.748. The lowest BCUT2D eigenvalue weighted by Crippen LogP contribution is -2.36. The number of nitrogens with zero attached hydrogens (tertiary/aromatic N) is 1. The van der Waals surface area contributed by atoms with Crippen molar-refractivity contribution in [1.82, 2.24) is 5.32 Å². The van der Waals surface area contributed by atoms with E-state index in [1.807, 2.05) is 17.5 Å². The zero-order chi connectivity index (χ0) is 24.4. The minimum Gasteiger partial charge on any atom is -0.460 e. The second kappa shape index (κ2) is 9.90. The van der Waals surface area contributed by atoms with Gasteiger partial charge in [0.05, 0.1) is 17.1 Å². The van der Waals surface area contributed by atoms with Gasteiger partial charge >= 0.3 is 5.97 Å². The molecule has 1 aromatic heterocycles. The Hall–Kier alpha value is -3.30. The molecule has 1 aliphatic carbocycles. The molecule has 0 radical (unpaired) electrons. The Morgan fingerprint density at radius 1 is 1.24 bits per heavy atom. The van der Waals surface area contributed by atoms with Crippen LogP contribution < -0.4 is 5.32 Å². The van der Waals surface area contributed by atoms with Crippen molar-refractivity contribution in [2.45, 2.75) is 38.5 Å². The van der Waals surface area contributed by atoms with E-state index in [0.717, 1.165) is 10.6 Å². The number of nitro groups is 1. The number of carbonyl (C=O) groups excluding carboxylic acids is 2. The fourth-order valence-corrected chi connectivity index (χ4v) is 5.50. The van der Waals surface area contributed by atoms with E-state index in [1.165, 1.54) is 13.2 Å². The van der Waals surface area contributed by atoms with Crippen molar-refractivity contribution in [3.8, 4) is 0 Å². The van der Waals surface area contributed by atoms with Gasteiger partial charge in [0, 0.05) is 58.8 Å². The van der Waals surface area contributed by atoms with Crippen LogP contribution in [0.1, 0.15) is 47.6 Å². The van der Waals surface area contributed by atoms with Gasteiger partial charge in [-0.2, -0.15) is 0 Å². The lowest BCUT2D eigenvalue weighted by Gasteiger charge is -2.36. The molecule has 4 rings (SSSR count). The van der Waals surface area contributed by atoms with Crippen LogP contribution in [0.15, 0.2) is 58.3 Å². The van der Waals surface area contributed by atoms with Crippen molar-refractivity contribution in [3.63, 3.8) is 0 Å². The van der Waals surface area contributed by atoms with Gasteiger partial charge in [-0.25, -0.2) is 4.79 Å². The summed E-state index contributed by atoms with van der Waals surface area (Å²) in [5, 5.41) is 16.9. The molecule has 0 bridgehead atoms. The molecule has 8 nitrogen and oxygen atoms in total. The van der Waals surface area contributed by atoms with E-state index in [1.54, 1.807) is 37.3 Å². The fraction of sp³-hybridized carbons (Fsp3) is 0.360. The molecule has 34 heavy (non-hydrogen) atoms. The fourth-order valence-electron chi connectivity index (χ4n) is 4.67. The van der Waals surface area contributed by atoms with Crippen molar-refractivity contribution in [3.05, 3.63) is 84.4 Å². The summed E-state index contributed by atoms with van der Waals surface area (Å²) in [6.45, 7) is 3.73. The van der Waals surface area contributed by atoms with E-state index in [-0.39, 0.29) is 36.2 Å². The van der Waals surface area contributed by atoms with Crippen molar-refractivity contribution in [2.24, 2.45) is 0 Å². The Kier molecular flexibility index (Phi) is 6.95. The van der Waals surface area contributed by atoms with Gasteiger partial charge in [0.25, 0.3) is 5.69 Å². The molecule has 2 aromatic rings. The average Bonchev–Trinajstić information content (AvgIpc) is 3.33. The first kappa shape index (κ1) is 23.8. The van der Waals surface area contributed by atoms with Crippen LogP contribution in [0.4, 0.5) is 5.69 Å². The standard InChI is InChI=1S/C25H26N2O6S/c1-14-6-7-16(12-19(14)27(30)31)23-22(25(29)33-9-8-32-3)15(2)26-18-11-17(13-20(28)24(18)23)21-5-4-10-34-21/h4-7,10,12,17,23,26H,8-9,11,13H2,1-3H3/t17-,23+/m1/s1. The molecule has 9 heteroatoms. The van der Waals surface area contributed by atoms with E-state index in [2.05, 4.69) is 5.32 Å². The average molecular weight is 483 g/mol. The normalized spacial score (nSPS) is 20.1. The highest BCUT2D eigenvalue weighted by molar-refractivity contribution is 7.10. The van der Waals surface area contributed by atoms with Crippen molar-refractivity contribution in [2.75, 3.05) is 20.3 Å². The summed E-state index contributed by atoms with van der Waals surface area (Å²) in [5.74, 6) is -1.35. The molecule has 0 unspecified atom stereocenters. The van der Waals surface area contributed by atoms with Crippen LogP contribution in [0.25, 0.3) is 0 Å². The Morgan fingerprint density at radius 2 is 2.03 bits per heavy atom. The third-order valence-electron chi connectivity index (χ3n) is 6.28. The first-order valence-corrected chi connectivity index (χ1v) is 11.9. The summed E-state index contributed by atoms with van der Waals surface area (Å²) in [6, 6.07) is 8.86. The molecule has 1 aromatic carbocycles. The van der Waals surface area contributed by atoms with Gasteiger partial charge in [0.1, 0.15) is 6.61 Å². The predicted octanol–water partition coefficient (Wildman–Crippen LogP) is 4.52. The molecular weight excluding hydrogens is 456 g/mol. The van der Waals surface area contributed by atoms with Crippen LogP contribution in [0.3, 0.4) is 0 Å². The minimum absolute atomic E-state index is 0.0507. The number of ketones is 1. The SMILES string of the molecule is COCCOC(=O)C1=C(C)NC2=C(C(=O)C[C@H](c3cccs3)C2)[C@H]1c1ccc(C)c([N+](=O)[O-])c1. The number of methoxy groups -OCH3 is 1. The third-order valence-corrected chi connectivity index (χ3v) is 7.31. The Bertz CT molecular complexity index is 1200. The first-order valence-electron chi connectivity index (χ1n) is 11.0. The van der Waals surface area contributed by atoms with Gasteiger partial charge < -0.3 is 14.8 Å². The summed E-state index contributed by atoms with van der Waals surface area (Å²) < 4.78 is 10.4. The van der Waals surface area contributed by atoms with Gasteiger partial charge in [0.2, 0.25) is 0 Å². The maximum Gasteiger partial charge on any atom is 0.336 e. The maximum absolute atomic E-state index is 13.5. The molecule has 1 aliphatic heterocycles. The van der Waals surface area contributed by atoms with E-state index >= 15 is 0 Å². The summed E-state index contributed by atoms with van der Waals surface area (Å²) >= 11 is 1.62. The number of Topliss-reactive ketones (excluding diaryl/α,β-unsaturated/α-hetero) is 1. The number of hydrogen-bond acceptors (Lipinski definition) is 8. The van der Waals surface area contributed by atoms with E-state index in [9.17, 15) is 19.7 Å². The van der Waals surface area contributed by atoms with Crippen LogP contribution in [0, 0.1) is 17.0 Å². The molecule has 178 valence electrons. The number of allylic oxidation sites excluding steroid dienone is 3. The number of ether oxygens (including phenoxy) is 2. The van der Waals surface area contributed by atoms with E-state index < -0.39 is 16.8 Å². The maximum atomic E-state index is 13.5. The van der Waals surface area contributed by atoms with Crippen LogP contribution in [0.5, 0.6) is 0 Å². The monoisotopic (exact) mass is 482 g/mol. The number of aryl methyl sites for hydroxylation is 1.